The Labute approximate surface area is 215 Å². The summed E-state index contributed by atoms with van der Waals surface area (Å²) in [5.41, 5.74) is 4.14. The fourth-order valence-corrected chi connectivity index (χ4v) is 4.55. The Hall–Kier alpha value is -4.24. The summed E-state index contributed by atoms with van der Waals surface area (Å²) in [5, 5.41) is 3.69. The average Bonchev–Trinajstić information content (AvgIpc) is 2.94. The minimum atomic E-state index is -0.276. The number of aromatic amines is 1. The SMILES string of the molecule is CCN(CC)C(=O)c1cccc(-c2cc3nc[nH]c(=O)c3c(Nc3ccc(N4CCOCC4)cc3)n2)c1. The lowest BCUT2D eigenvalue weighted by atomic mass is 10.1. The Morgan fingerprint density at radius 1 is 1.08 bits per heavy atom. The van der Waals surface area contributed by atoms with Gasteiger partial charge < -0.3 is 24.8 Å². The summed E-state index contributed by atoms with van der Waals surface area (Å²) in [6, 6.07) is 17.2. The number of nitrogens with one attached hydrogen (secondary N) is 2. The van der Waals surface area contributed by atoms with E-state index in [1.54, 1.807) is 11.0 Å². The Morgan fingerprint density at radius 3 is 2.57 bits per heavy atom. The van der Waals surface area contributed by atoms with Gasteiger partial charge in [-0.25, -0.2) is 9.97 Å². The molecule has 3 heterocycles. The number of aromatic nitrogens is 3. The molecule has 2 N–H and O–H groups in total. The normalized spacial score (nSPS) is 13.5. The second kappa shape index (κ2) is 10.8. The minimum Gasteiger partial charge on any atom is -0.378 e. The summed E-state index contributed by atoms with van der Waals surface area (Å²) in [5.74, 6) is 0.377. The molecule has 9 heteroatoms. The topological polar surface area (TPSA) is 103 Å². The van der Waals surface area contributed by atoms with Crippen molar-refractivity contribution >= 4 is 34.0 Å². The summed E-state index contributed by atoms with van der Waals surface area (Å²) < 4.78 is 5.45. The van der Waals surface area contributed by atoms with Crippen LogP contribution in [0, 0.1) is 0 Å². The Balaban J connectivity index is 1.51. The summed E-state index contributed by atoms with van der Waals surface area (Å²) in [6.07, 6.45) is 1.38. The van der Waals surface area contributed by atoms with E-state index in [9.17, 15) is 9.59 Å². The van der Waals surface area contributed by atoms with Gasteiger partial charge in [-0.15, -0.1) is 0 Å². The zero-order chi connectivity index (χ0) is 25.8. The highest BCUT2D eigenvalue weighted by molar-refractivity contribution is 5.96. The third-order valence-electron chi connectivity index (χ3n) is 6.59. The van der Waals surface area contributed by atoms with E-state index in [0.717, 1.165) is 43.2 Å². The van der Waals surface area contributed by atoms with E-state index in [0.29, 0.717) is 41.1 Å². The van der Waals surface area contributed by atoms with E-state index in [-0.39, 0.29) is 11.5 Å². The van der Waals surface area contributed by atoms with E-state index in [4.69, 9.17) is 9.72 Å². The monoisotopic (exact) mass is 498 g/mol. The molecule has 0 bridgehead atoms. The number of amides is 1. The number of rotatable bonds is 7. The van der Waals surface area contributed by atoms with Crippen LogP contribution in [0.1, 0.15) is 24.2 Å². The molecule has 1 aliphatic heterocycles. The predicted molar refractivity (Wildman–Crippen MR) is 146 cm³/mol. The number of H-pyrrole nitrogens is 1. The Kier molecular flexibility index (Phi) is 7.14. The molecule has 4 aromatic rings. The summed E-state index contributed by atoms with van der Waals surface area (Å²) in [7, 11) is 0. The molecule has 0 atom stereocenters. The maximum atomic E-state index is 12.9. The van der Waals surface area contributed by atoms with Crippen molar-refractivity contribution in [1.29, 1.82) is 0 Å². The lowest BCUT2D eigenvalue weighted by molar-refractivity contribution is 0.0773. The average molecular weight is 499 g/mol. The minimum absolute atomic E-state index is 0.0269. The highest BCUT2D eigenvalue weighted by Crippen LogP contribution is 2.28. The summed E-state index contributed by atoms with van der Waals surface area (Å²) in [4.78, 5) is 41.6. The van der Waals surface area contributed by atoms with Crippen LogP contribution in [-0.2, 0) is 4.74 Å². The molecule has 0 radical (unpaired) electrons. The van der Waals surface area contributed by atoms with Gasteiger partial charge in [-0.2, -0.15) is 0 Å². The number of nitrogens with zero attached hydrogens (tertiary/aromatic N) is 4. The molecule has 1 fully saturated rings. The number of benzene rings is 2. The molecule has 0 unspecified atom stereocenters. The van der Waals surface area contributed by atoms with Gasteiger partial charge in [-0.05, 0) is 56.3 Å². The number of anilines is 3. The van der Waals surface area contributed by atoms with Crippen molar-refractivity contribution in [2.75, 3.05) is 49.6 Å². The second-order valence-corrected chi connectivity index (χ2v) is 8.81. The van der Waals surface area contributed by atoms with Crippen LogP contribution in [0.2, 0.25) is 0 Å². The van der Waals surface area contributed by atoms with Crippen LogP contribution in [0.15, 0.2) is 65.7 Å². The molecule has 2 aromatic heterocycles. The molecule has 1 saturated heterocycles. The molecule has 190 valence electrons. The number of pyridine rings is 1. The quantitative estimate of drug-likeness (QED) is 0.396. The number of carbonyl (C=O) groups is 1. The van der Waals surface area contributed by atoms with Gasteiger partial charge in [0.2, 0.25) is 0 Å². The molecule has 2 aromatic carbocycles. The largest absolute Gasteiger partial charge is 0.378 e. The molecule has 0 saturated carbocycles. The van der Waals surface area contributed by atoms with Gasteiger partial charge >= 0.3 is 0 Å². The standard InChI is InChI=1S/C28H30N6O3/c1-3-33(4-2)28(36)20-7-5-6-19(16-20)23-17-24-25(27(35)30-18-29-24)26(32-23)31-21-8-10-22(11-9-21)34-12-14-37-15-13-34/h5-11,16-18H,3-4,12-15H2,1-2H3,(H,31,32)(H,29,30,35). The second-order valence-electron chi connectivity index (χ2n) is 8.81. The molecular formula is C28H30N6O3. The van der Waals surface area contributed by atoms with Crippen molar-refractivity contribution in [2.45, 2.75) is 13.8 Å². The van der Waals surface area contributed by atoms with Crippen LogP contribution < -0.4 is 15.8 Å². The first-order chi connectivity index (χ1) is 18.1. The van der Waals surface area contributed by atoms with Gasteiger partial charge in [0.05, 0.1) is 30.8 Å². The van der Waals surface area contributed by atoms with E-state index in [1.807, 2.05) is 62.4 Å². The van der Waals surface area contributed by atoms with Crippen molar-refractivity contribution in [2.24, 2.45) is 0 Å². The van der Waals surface area contributed by atoms with Crippen LogP contribution in [0.4, 0.5) is 17.2 Å². The number of carbonyl (C=O) groups excluding carboxylic acids is 1. The summed E-state index contributed by atoms with van der Waals surface area (Å²) in [6.45, 7) is 8.36. The maximum Gasteiger partial charge on any atom is 0.262 e. The van der Waals surface area contributed by atoms with E-state index in [2.05, 4.69) is 20.2 Å². The van der Waals surface area contributed by atoms with Gasteiger partial charge in [0, 0.05) is 48.7 Å². The van der Waals surface area contributed by atoms with Crippen LogP contribution >= 0.6 is 0 Å². The zero-order valence-electron chi connectivity index (χ0n) is 21.0. The van der Waals surface area contributed by atoms with Gasteiger partial charge in [0.25, 0.3) is 11.5 Å². The smallest absolute Gasteiger partial charge is 0.262 e. The van der Waals surface area contributed by atoms with E-state index < -0.39 is 0 Å². The molecule has 0 aliphatic carbocycles. The highest BCUT2D eigenvalue weighted by Gasteiger charge is 2.16. The van der Waals surface area contributed by atoms with Gasteiger partial charge in [0.1, 0.15) is 11.2 Å². The number of hydrogen-bond donors (Lipinski definition) is 2. The zero-order valence-corrected chi connectivity index (χ0v) is 21.0. The lowest BCUT2D eigenvalue weighted by Crippen LogP contribution is -2.36. The fraction of sp³-hybridized carbons (Fsp3) is 0.286. The third-order valence-corrected chi connectivity index (χ3v) is 6.59. The van der Waals surface area contributed by atoms with Gasteiger partial charge in [-0.1, -0.05) is 12.1 Å². The van der Waals surface area contributed by atoms with E-state index in [1.165, 1.54) is 6.33 Å². The lowest BCUT2D eigenvalue weighted by Gasteiger charge is -2.28. The first kappa shape index (κ1) is 24.5. The Morgan fingerprint density at radius 2 is 1.84 bits per heavy atom. The van der Waals surface area contributed by atoms with Crippen molar-refractivity contribution in [3.8, 4) is 11.3 Å². The first-order valence-corrected chi connectivity index (χ1v) is 12.5. The molecule has 0 spiro atoms. The van der Waals surface area contributed by atoms with Crippen LogP contribution in [0.3, 0.4) is 0 Å². The molecule has 1 amide bonds. The van der Waals surface area contributed by atoms with Crippen molar-refractivity contribution in [3.05, 3.63) is 76.8 Å². The molecular weight excluding hydrogens is 468 g/mol. The Bertz CT molecular complexity index is 1460. The number of morpholine rings is 1. The summed E-state index contributed by atoms with van der Waals surface area (Å²) >= 11 is 0. The number of ether oxygens (including phenoxy) is 1. The molecule has 9 nitrogen and oxygen atoms in total. The van der Waals surface area contributed by atoms with Crippen LogP contribution in [-0.4, -0.2) is 65.2 Å². The number of hydrogen-bond acceptors (Lipinski definition) is 7. The van der Waals surface area contributed by atoms with Crippen LogP contribution in [0.25, 0.3) is 22.2 Å². The first-order valence-electron chi connectivity index (χ1n) is 12.5. The van der Waals surface area contributed by atoms with Gasteiger partial charge in [0.15, 0.2) is 0 Å². The molecule has 37 heavy (non-hydrogen) atoms. The van der Waals surface area contributed by atoms with Crippen molar-refractivity contribution < 1.29 is 9.53 Å². The molecule has 5 rings (SSSR count). The van der Waals surface area contributed by atoms with Crippen molar-refractivity contribution in [1.82, 2.24) is 19.9 Å². The molecule has 1 aliphatic rings. The predicted octanol–water partition coefficient (Wildman–Crippen LogP) is 4.05. The maximum absolute atomic E-state index is 12.9. The highest BCUT2D eigenvalue weighted by atomic mass is 16.5. The van der Waals surface area contributed by atoms with E-state index >= 15 is 0 Å². The fourth-order valence-electron chi connectivity index (χ4n) is 4.55. The van der Waals surface area contributed by atoms with Crippen LogP contribution in [0.5, 0.6) is 0 Å². The van der Waals surface area contributed by atoms with Crippen molar-refractivity contribution in [3.63, 3.8) is 0 Å². The number of fused-ring (bicyclic) bond motifs is 1. The third kappa shape index (κ3) is 5.17. The van der Waals surface area contributed by atoms with Gasteiger partial charge in [-0.3, -0.25) is 9.59 Å².